The van der Waals surface area contributed by atoms with Gasteiger partial charge in [0.2, 0.25) is 0 Å². The van der Waals surface area contributed by atoms with E-state index in [0.29, 0.717) is 6.10 Å². The average molecular weight is 268 g/mol. The van der Waals surface area contributed by atoms with Crippen molar-refractivity contribution >= 4 is 0 Å². The lowest BCUT2D eigenvalue weighted by molar-refractivity contribution is -0.0550. The van der Waals surface area contributed by atoms with Crippen LogP contribution in [-0.2, 0) is 10.3 Å². The number of hydrogen-bond acceptors (Lipinski definition) is 2. The minimum atomic E-state index is 0.110. The topological polar surface area (TPSA) is 27.1 Å². The number of benzene rings is 1. The van der Waals surface area contributed by atoms with E-state index in [-0.39, 0.29) is 5.54 Å². The molecule has 1 saturated carbocycles. The Labute approximate surface area is 119 Å². The van der Waals surface area contributed by atoms with Gasteiger partial charge in [0.25, 0.3) is 0 Å². The van der Waals surface area contributed by atoms with Gasteiger partial charge in [-0.15, -0.1) is 0 Å². The lowest BCUT2D eigenvalue weighted by atomic mass is 9.70. The predicted molar refractivity (Wildman–Crippen MR) is 78.6 cm³/mol. The molecule has 0 unspecified atom stereocenters. The van der Waals surface area contributed by atoms with Gasteiger partial charge in [-0.25, -0.2) is 4.98 Å². The van der Waals surface area contributed by atoms with E-state index >= 15 is 0 Å². The molecule has 0 amide bonds. The van der Waals surface area contributed by atoms with E-state index in [9.17, 15) is 0 Å². The molecule has 1 spiro atoms. The first-order valence-corrected chi connectivity index (χ1v) is 7.59. The third-order valence-corrected chi connectivity index (χ3v) is 4.79. The van der Waals surface area contributed by atoms with Gasteiger partial charge >= 0.3 is 0 Å². The molecule has 1 aromatic carbocycles. The number of fused-ring (bicyclic) bond motifs is 5. The summed E-state index contributed by atoms with van der Waals surface area (Å²) in [4.78, 5) is 4.34. The average Bonchev–Trinajstić information content (AvgIpc) is 2.99. The molecule has 1 fully saturated rings. The first-order chi connectivity index (χ1) is 9.85. The van der Waals surface area contributed by atoms with Gasteiger partial charge in [-0.05, 0) is 12.0 Å². The zero-order valence-corrected chi connectivity index (χ0v) is 11.9. The maximum atomic E-state index is 5.98. The summed E-state index contributed by atoms with van der Waals surface area (Å²) in [5.74, 6) is 0. The molecule has 2 aromatic rings. The third-order valence-electron chi connectivity index (χ3n) is 4.79. The Morgan fingerprint density at radius 3 is 3.05 bits per heavy atom. The van der Waals surface area contributed by atoms with Crippen molar-refractivity contribution in [3.8, 4) is 11.3 Å². The summed E-state index contributed by atoms with van der Waals surface area (Å²) in [6.07, 6.45) is 8.90. The Morgan fingerprint density at radius 2 is 2.20 bits per heavy atom. The Bertz CT molecular complexity index is 625. The SMILES string of the molecule is CCCCOC1CC2(C1)c1ccccc1-c1cncn12. The molecule has 20 heavy (non-hydrogen) atoms. The molecule has 0 saturated heterocycles. The summed E-state index contributed by atoms with van der Waals surface area (Å²) in [5, 5.41) is 0. The number of unbranched alkanes of at least 4 members (excludes halogenated alkanes) is 1. The maximum Gasteiger partial charge on any atom is 0.0959 e. The van der Waals surface area contributed by atoms with E-state index in [1.54, 1.807) is 0 Å². The fraction of sp³-hybridized carbons (Fsp3) is 0.471. The third kappa shape index (κ3) is 1.53. The molecular formula is C17H20N2O. The van der Waals surface area contributed by atoms with Crippen molar-refractivity contribution in [2.45, 2.75) is 44.2 Å². The number of ether oxygens (including phenoxy) is 1. The highest BCUT2D eigenvalue weighted by molar-refractivity contribution is 5.71. The first-order valence-electron chi connectivity index (χ1n) is 7.59. The molecule has 0 N–H and O–H groups in total. The van der Waals surface area contributed by atoms with Crippen molar-refractivity contribution in [3.63, 3.8) is 0 Å². The van der Waals surface area contributed by atoms with Gasteiger partial charge in [0, 0.05) is 25.0 Å². The normalized spacial score (nSPS) is 26.4. The number of rotatable bonds is 4. The van der Waals surface area contributed by atoms with Crippen molar-refractivity contribution < 1.29 is 4.74 Å². The molecular weight excluding hydrogens is 248 g/mol. The highest BCUT2D eigenvalue weighted by Gasteiger charge is 2.52. The molecule has 3 nitrogen and oxygen atoms in total. The van der Waals surface area contributed by atoms with Crippen LogP contribution in [0.3, 0.4) is 0 Å². The monoisotopic (exact) mass is 268 g/mol. The molecule has 0 atom stereocenters. The molecule has 0 bridgehead atoms. The van der Waals surface area contributed by atoms with Crippen molar-refractivity contribution in [2.24, 2.45) is 0 Å². The highest BCUT2D eigenvalue weighted by Crippen LogP contribution is 2.54. The van der Waals surface area contributed by atoms with Gasteiger partial charge in [-0.2, -0.15) is 0 Å². The molecule has 1 aromatic heterocycles. The summed E-state index contributed by atoms with van der Waals surface area (Å²) in [6.45, 7) is 3.10. The molecule has 1 aliphatic carbocycles. The Hall–Kier alpha value is -1.61. The van der Waals surface area contributed by atoms with Crippen LogP contribution in [0.1, 0.15) is 38.2 Å². The van der Waals surface area contributed by atoms with E-state index in [2.05, 4.69) is 40.7 Å². The molecule has 4 rings (SSSR count). The van der Waals surface area contributed by atoms with Crippen LogP contribution in [0, 0.1) is 0 Å². The van der Waals surface area contributed by atoms with Crippen LogP contribution in [0.4, 0.5) is 0 Å². The van der Waals surface area contributed by atoms with E-state index in [4.69, 9.17) is 4.74 Å². The fourth-order valence-corrected chi connectivity index (χ4v) is 3.70. The number of hydrogen-bond donors (Lipinski definition) is 0. The zero-order chi connectivity index (χ0) is 13.6. The first kappa shape index (κ1) is 12.2. The fourth-order valence-electron chi connectivity index (χ4n) is 3.70. The predicted octanol–water partition coefficient (Wildman–Crippen LogP) is 3.59. The quantitative estimate of drug-likeness (QED) is 0.792. The van der Waals surface area contributed by atoms with Crippen LogP contribution in [0.15, 0.2) is 36.8 Å². The largest absolute Gasteiger partial charge is 0.378 e. The van der Waals surface area contributed by atoms with Crippen LogP contribution in [0.5, 0.6) is 0 Å². The highest BCUT2D eigenvalue weighted by atomic mass is 16.5. The molecule has 0 radical (unpaired) electrons. The Morgan fingerprint density at radius 1 is 1.35 bits per heavy atom. The Balaban J connectivity index is 1.61. The minimum absolute atomic E-state index is 0.110. The summed E-state index contributed by atoms with van der Waals surface area (Å²) < 4.78 is 8.34. The standard InChI is InChI=1S/C17H20N2O/c1-2-3-8-20-13-9-17(10-13)15-7-5-4-6-14(15)16-11-18-12-19(16)17/h4-7,11-13H,2-3,8-10H2,1H3. The van der Waals surface area contributed by atoms with E-state index in [1.165, 1.54) is 23.2 Å². The minimum Gasteiger partial charge on any atom is -0.378 e. The van der Waals surface area contributed by atoms with Crippen LogP contribution >= 0.6 is 0 Å². The maximum absolute atomic E-state index is 5.98. The van der Waals surface area contributed by atoms with Gasteiger partial charge in [0.1, 0.15) is 0 Å². The van der Waals surface area contributed by atoms with Crippen molar-refractivity contribution in [1.82, 2.24) is 9.55 Å². The second-order valence-corrected chi connectivity index (χ2v) is 5.98. The van der Waals surface area contributed by atoms with Gasteiger partial charge in [-0.1, -0.05) is 37.6 Å². The van der Waals surface area contributed by atoms with Crippen LogP contribution in [0.25, 0.3) is 11.3 Å². The molecule has 3 heteroatoms. The zero-order valence-electron chi connectivity index (χ0n) is 11.9. The molecule has 2 aliphatic rings. The van der Waals surface area contributed by atoms with Gasteiger partial charge in [-0.3, -0.25) is 0 Å². The van der Waals surface area contributed by atoms with E-state index < -0.39 is 0 Å². The molecule has 1 aliphatic heterocycles. The van der Waals surface area contributed by atoms with Crippen molar-refractivity contribution in [2.75, 3.05) is 6.61 Å². The molecule has 2 heterocycles. The summed E-state index contributed by atoms with van der Waals surface area (Å²) in [6, 6.07) is 8.74. The van der Waals surface area contributed by atoms with E-state index in [0.717, 1.165) is 25.9 Å². The van der Waals surface area contributed by atoms with E-state index in [1.807, 2.05) is 12.5 Å². The lowest BCUT2D eigenvalue weighted by Gasteiger charge is -2.46. The summed E-state index contributed by atoms with van der Waals surface area (Å²) in [5.41, 5.74) is 4.16. The molecule has 104 valence electrons. The lowest BCUT2D eigenvalue weighted by Crippen LogP contribution is -2.49. The van der Waals surface area contributed by atoms with Crippen molar-refractivity contribution in [3.05, 3.63) is 42.4 Å². The second kappa shape index (κ2) is 4.45. The number of imidazole rings is 1. The van der Waals surface area contributed by atoms with Crippen LogP contribution < -0.4 is 0 Å². The Kier molecular flexibility index (Phi) is 2.71. The van der Waals surface area contributed by atoms with Gasteiger partial charge in [0.15, 0.2) is 0 Å². The number of nitrogens with zero attached hydrogens (tertiary/aromatic N) is 2. The summed E-state index contributed by atoms with van der Waals surface area (Å²) >= 11 is 0. The summed E-state index contributed by atoms with van der Waals surface area (Å²) in [7, 11) is 0. The van der Waals surface area contributed by atoms with Gasteiger partial charge in [0.05, 0.1) is 29.9 Å². The second-order valence-electron chi connectivity index (χ2n) is 5.98. The smallest absolute Gasteiger partial charge is 0.0959 e. The number of aromatic nitrogens is 2. The van der Waals surface area contributed by atoms with Crippen LogP contribution in [0.2, 0.25) is 0 Å². The van der Waals surface area contributed by atoms with Crippen molar-refractivity contribution in [1.29, 1.82) is 0 Å². The van der Waals surface area contributed by atoms with Gasteiger partial charge < -0.3 is 9.30 Å². The van der Waals surface area contributed by atoms with Crippen LogP contribution in [-0.4, -0.2) is 22.3 Å².